The number of hydrogen-bond acceptors (Lipinski definition) is 3. The van der Waals surface area contributed by atoms with E-state index in [0.717, 1.165) is 23.0 Å². The molecule has 5 heteroatoms. The predicted molar refractivity (Wildman–Crippen MR) is 83.1 cm³/mol. The van der Waals surface area contributed by atoms with Gasteiger partial charge in [0.2, 0.25) is 5.91 Å². The van der Waals surface area contributed by atoms with Crippen molar-refractivity contribution in [3.63, 3.8) is 0 Å². The van der Waals surface area contributed by atoms with Gasteiger partial charge in [-0.1, -0.05) is 26.7 Å². The largest absolute Gasteiger partial charge is 0.353 e. The quantitative estimate of drug-likeness (QED) is 0.851. The molecule has 2 heterocycles. The molecule has 0 fully saturated rings. The van der Waals surface area contributed by atoms with Crippen molar-refractivity contribution in [2.45, 2.75) is 52.5 Å². The van der Waals surface area contributed by atoms with Crippen LogP contribution in [0.1, 0.15) is 45.7 Å². The third-order valence-corrected chi connectivity index (χ3v) is 4.08. The van der Waals surface area contributed by atoms with Crippen LogP contribution in [0.2, 0.25) is 0 Å². The van der Waals surface area contributed by atoms with Crippen LogP contribution in [0.25, 0.3) is 4.96 Å². The number of carbonyl (C=O) groups is 1. The Morgan fingerprint density at radius 1 is 1.40 bits per heavy atom. The van der Waals surface area contributed by atoms with E-state index in [0.29, 0.717) is 6.42 Å². The summed E-state index contributed by atoms with van der Waals surface area (Å²) < 4.78 is 1.96. The second-order valence-corrected chi connectivity index (χ2v) is 6.67. The molecule has 0 radical (unpaired) electrons. The molecule has 1 amide bonds. The number of carbonyl (C=O) groups excluding carboxylic acids is 1. The maximum atomic E-state index is 12.0. The summed E-state index contributed by atoms with van der Waals surface area (Å²) in [5, 5.41) is 5.04. The minimum Gasteiger partial charge on any atom is -0.353 e. The van der Waals surface area contributed by atoms with Crippen LogP contribution in [0.5, 0.6) is 0 Å². The van der Waals surface area contributed by atoms with E-state index in [1.165, 1.54) is 12.8 Å². The number of hydrogen-bond donors (Lipinski definition) is 1. The predicted octanol–water partition coefficient (Wildman–Crippen LogP) is 3.27. The average Bonchev–Trinajstić information content (AvgIpc) is 2.88. The van der Waals surface area contributed by atoms with Gasteiger partial charge in [0.05, 0.1) is 12.1 Å². The molecule has 0 aliphatic rings. The van der Waals surface area contributed by atoms with Gasteiger partial charge in [-0.15, -0.1) is 11.3 Å². The van der Waals surface area contributed by atoms with Gasteiger partial charge in [0.25, 0.3) is 0 Å². The molecule has 0 saturated heterocycles. The molecule has 2 rings (SSSR count). The van der Waals surface area contributed by atoms with Gasteiger partial charge in [-0.2, -0.15) is 0 Å². The van der Waals surface area contributed by atoms with Crippen molar-refractivity contribution in [1.29, 1.82) is 0 Å². The van der Waals surface area contributed by atoms with E-state index in [2.05, 4.69) is 31.1 Å². The molecule has 20 heavy (non-hydrogen) atoms. The zero-order chi connectivity index (χ0) is 14.5. The Bertz CT molecular complexity index is 530. The molecular weight excluding hydrogens is 270 g/mol. The number of nitrogens with one attached hydrogen (secondary N) is 1. The fourth-order valence-corrected chi connectivity index (χ4v) is 2.98. The summed E-state index contributed by atoms with van der Waals surface area (Å²) in [5.74, 6) is 0.796. The first-order valence-corrected chi connectivity index (χ1v) is 8.13. The summed E-state index contributed by atoms with van der Waals surface area (Å²) in [5.41, 5.74) is 0.837. The molecule has 110 valence electrons. The molecule has 1 N–H and O–H groups in total. The summed E-state index contributed by atoms with van der Waals surface area (Å²) in [6, 6.07) is 0.241. The van der Waals surface area contributed by atoms with Crippen molar-refractivity contribution in [2.24, 2.45) is 5.92 Å². The lowest BCUT2D eigenvalue weighted by molar-refractivity contribution is -0.121. The smallest absolute Gasteiger partial charge is 0.226 e. The van der Waals surface area contributed by atoms with Crippen molar-refractivity contribution in [1.82, 2.24) is 14.7 Å². The maximum Gasteiger partial charge on any atom is 0.226 e. The van der Waals surface area contributed by atoms with E-state index >= 15 is 0 Å². The van der Waals surface area contributed by atoms with Crippen LogP contribution in [0.3, 0.4) is 0 Å². The lowest BCUT2D eigenvalue weighted by atomic mass is 10.0. The monoisotopic (exact) mass is 293 g/mol. The van der Waals surface area contributed by atoms with Gasteiger partial charge in [-0.3, -0.25) is 9.20 Å². The van der Waals surface area contributed by atoms with Gasteiger partial charge >= 0.3 is 0 Å². The van der Waals surface area contributed by atoms with E-state index in [1.807, 2.05) is 22.2 Å². The average molecular weight is 293 g/mol. The van der Waals surface area contributed by atoms with Crippen LogP contribution in [-0.4, -0.2) is 21.3 Å². The lowest BCUT2D eigenvalue weighted by Crippen LogP contribution is -2.33. The van der Waals surface area contributed by atoms with E-state index in [1.54, 1.807) is 11.3 Å². The molecule has 0 spiro atoms. The van der Waals surface area contributed by atoms with Gasteiger partial charge in [-0.25, -0.2) is 4.98 Å². The van der Waals surface area contributed by atoms with Crippen molar-refractivity contribution >= 4 is 22.2 Å². The molecule has 0 aliphatic heterocycles. The fraction of sp³-hybridized carbons (Fsp3) is 0.600. The lowest BCUT2D eigenvalue weighted by Gasteiger charge is -2.14. The number of fused-ring (bicyclic) bond motifs is 1. The third kappa shape index (κ3) is 4.34. The van der Waals surface area contributed by atoms with Crippen LogP contribution in [0.15, 0.2) is 17.8 Å². The number of thiazole rings is 1. The first-order valence-electron chi connectivity index (χ1n) is 7.25. The van der Waals surface area contributed by atoms with Gasteiger partial charge < -0.3 is 5.32 Å². The Morgan fingerprint density at radius 2 is 2.20 bits per heavy atom. The second kappa shape index (κ2) is 6.88. The van der Waals surface area contributed by atoms with Crippen molar-refractivity contribution in [2.75, 3.05) is 0 Å². The first-order chi connectivity index (χ1) is 9.54. The second-order valence-electron chi connectivity index (χ2n) is 5.80. The highest BCUT2D eigenvalue weighted by Crippen LogP contribution is 2.12. The Kier molecular flexibility index (Phi) is 5.17. The highest BCUT2D eigenvalue weighted by molar-refractivity contribution is 7.15. The van der Waals surface area contributed by atoms with Crippen molar-refractivity contribution in [3.05, 3.63) is 23.5 Å². The normalized spacial score (nSPS) is 13.0. The number of rotatable bonds is 7. The summed E-state index contributed by atoms with van der Waals surface area (Å²) >= 11 is 1.58. The molecule has 2 aromatic rings. The molecule has 1 atom stereocenters. The Labute approximate surface area is 124 Å². The molecule has 0 bridgehead atoms. The standard InChI is InChI=1S/C15H23N3OS/c1-11(2)5-4-6-12(3)16-14(19)9-13-10-18-7-8-20-15(18)17-13/h7-8,10-12H,4-6,9H2,1-3H3,(H,16,19). The SMILES string of the molecule is CC(C)CCCC(C)NC(=O)Cc1cn2ccsc2n1. The molecule has 2 aromatic heterocycles. The van der Waals surface area contributed by atoms with Gasteiger partial charge in [-0.05, 0) is 19.3 Å². The highest BCUT2D eigenvalue weighted by atomic mass is 32.1. The molecular formula is C15H23N3OS. The topological polar surface area (TPSA) is 46.4 Å². The number of nitrogens with zero attached hydrogens (tertiary/aromatic N) is 2. The van der Waals surface area contributed by atoms with Gasteiger partial charge in [0.1, 0.15) is 0 Å². The van der Waals surface area contributed by atoms with Crippen LogP contribution in [0.4, 0.5) is 0 Å². The van der Waals surface area contributed by atoms with Crippen molar-refractivity contribution in [3.8, 4) is 0 Å². The molecule has 0 aliphatic carbocycles. The Hall–Kier alpha value is -1.36. The molecule has 0 saturated carbocycles. The first kappa shape index (κ1) is 15.0. The number of amides is 1. The fourth-order valence-electron chi connectivity index (χ4n) is 2.26. The van der Waals surface area contributed by atoms with Gasteiger partial charge in [0.15, 0.2) is 4.96 Å². The van der Waals surface area contributed by atoms with Crippen LogP contribution < -0.4 is 5.32 Å². The molecule has 4 nitrogen and oxygen atoms in total. The van der Waals surface area contributed by atoms with Crippen LogP contribution in [0, 0.1) is 5.92 Å². The van der Waals surface area contributed by atoms with E-state index < -0.39 is 0 Å². The third-order valence-electron chi connectivity index (χ3n) is 3.31. The zero-order valence-electron chi connectivity index (χ0n) is 12.4. The zero-order valence-corrected chi connectivity index (χ0v) is 13.2. The Balaban J connectivity index is 1.75. The maximum absolute atomic E-state index is 12.0. The highest BCUT2D eigenvalue weighted by Gasteiger charge is 2.11. The molecule has 0 aromatic carbocycles. The van der Waals surface area contributed by atoms with Crippen LogP contribution in [-0.2, 0) is 11.2 Å². The summed E-state index contributed by atoms with van der Waals surface area (Å²) in [6.07, 6.45) is 7.68. The minimum atomic E-state index is 0.0628. The number of imidazole rings is 1. The van der Waals surface area contributed by atoms with Crippen molar-refractivity contribution < 1.29 is 4.79 Å². The van der Waals surface area contributed by atoms with E-state index in [9.17, 15) is 4.79 Å². The van der Waals surface area contributed by atoms with Gasteiger partial charge in [0, 0.05) is 23.8 Å². The van der Waals surface area contributed by atoms with E-state index in [4.69, 9.17) is 0 Å². The number of aromatic nitrogens is 2. The van der Waals surface area contributed by atoms with E-state index in [-0.39, 0.29) is 11.9 Å². The summed E-state index contributed by atoms with van der Waals surface area (Å²) in [4.78, 5) is 17.3. The minimum absolute atomic E-state index is 0.0628. The Morgan fingerprint density at radius 3 is 2.90 bits per heavy atom. The van der Waals surface area contributed by atoms with Crippen LogP contribution >= 0.6 is 11.3 Å². The summed E-state index contributed by atoms with van der Waals surface area (Å²) in [7, 11) is 0. The summed E-state index contributed by atoms with van der Waals surface area (Å²) in [6.45, 7) is 6.53. The molecule has 1 unspecified atom stereocenters.